The number of hydrogen-bond acceptors (Lipinski definition) is 6. The highest BCUT2D eigenvalue weighted by atomic mass is 19.4. The highest BCUT2D eigenvalue weighted by molar-refractivity contribution is 5.84. The third-order valence-corrected chi connectivity index (χ3v) is 6.44. The zero-order chi connectivity index (χ0) is 31.8. The number of alkyl halides is 6. The average Bonchev–Trinajstić information content (AvgIpc) is 2.91. The third kappa shape index (κ3) is 7.22. The van der Waals surface area contributed by atoms with Gasteiger partial charge in [0.25, 0.3) is 11.2 Å². The van der Waals surface area contributed by atoms with Gasteiger partial charge in [0, 0.05) is 25.3 Å². The van der Waals surface area contributed by atoms with Crippen LogP contribution in [0.15, 0.2) is 84.0 Å². The molecule has 0 unspecified atom stereocenters. The fraction of sp³-hybridized carbons (Fsp3) is 0.400. The summed E-state index contributed by atoms with van der Waals surface area (Å²) in [6, 6.07) is 11.9. The Labute approximate surface area is 239 Å². The van der Waals surface area contributed by atoms with Gasteiger partial charge in [0.1, 0.15) is 6.61 Å². The lowest BCUT2D eigenvalue weighted by molar-refractivity contribution is -0.281. The molecule has 0 heterocycles. The molecule has 0 aliphatic rings. The fourth-order valence-corrected chi connectivity index (χ4v) is 4.11. The Kier molecular flexibility index (Phi) is 11.5. The molecule has 0 bridgehead atoms. The summed E-state index contributed by atoms with van der Waals surface area (Å²) in [5, 5.41) is 0. The van der Waals surface area contributed by atoms with E-state index in [9.17, 15) is 35.9 Å². The molecule has 230 valence electrons. The first-order valence-corrected chi connectivity index (χ1v) is 12.6. The Morgan fingerprint density at radius 3 is 1.52 bits per heavy atom. The van der Waals surface area contributed by atoms with Crippen LogP contribution in [-0.2, 0) is 39.7 Å². The predicted molar refractivity (Wildman–Crippen MR) is 141 cm³/mol. The quantitative estimate of drug-likeness (QED) is 0.149. The minimum atomic E-state index is -5.31. The molecular formula is C30H32F6O6. The van der Waals surface area contributed by atoms with E-state index in [1.54, 1.807) is 19.9 Å². The first-order chi connectivity index (χ1) is 19.6. The van der Waals surface area contributed by atoms with E-state index in [4.69, 9.17) is 18.9 Å². The molecule has 0 aliphatic carbocycles. The van der Waals surface area contributed by atoms with E-state index in [0.717, 1.165) is 29.8 Å². The largest absolute Gasteiger partial charge is 0.459 e. The van der Waals surface area contributed by atoms with Gasteiger partial charge in [-0.1, -0.05) is 78.4 Å². The Balaban J connectivity index is 2.53. The molecule has 2 aromatic rings. The lowest BCUT2D eigenvalue weighted by Crippen LogP contribution is -2.53. The topological polar surface area (TPSA) is 71.1 Å². The third-order valence-electron chi connectivity index (χ3n) is 6.44. The van der Waals surface area contributed by atoms with Crippen LogP contribution in [0.3, 0.4) is 0 Å². The second-order valence-corrected chi connectivity index (χ2v) is 9.46. The standard InChI is InChI=1S/C30H32F6O6/c1-20(2)13-12-14-21(3)24(42-26(38)28(40-5,30(34,35)36)23-17-10-7-11-18-23)19-41-25(37)27(39-4,29(31,32)33)22-15-8-6-9-16-22/h6-11,13-18,24H,12,19H2,1-5H3/b21-14+/t24-,27-,28-/m1/s1. The maximum absolute atomic E-state index is 14.4. The van der Waals surface area contributed by atoms with Crippen LogP contribution in [0.1, 0.15) is 38.3 Å². The summed E-state index contributed by atoms with van der Waals surface area (Å²) >= 11 is 0. The molecule has 0 radical (unpaired) electrons. The summed E-state index contributed by atoms with van der Waals surface area (Å²) < 4.78 is 106. The summed E-state index contributed by atoms with van der Waals surface area (Å²) in [6.45, 7) is 3.91. The van der Waals surface area contributed by atoms with Crippen LogP contribution < -0.4 is 0 Å². The normalized spacial score (nSPS) is 16.0. The number of rotatable bonds is 12. The summed E-state index contributed by atoms with van der Waals surface area (Å²) in [4.78, 5) is 26.3. The van der Waals surface area contributed by atoms with Crippen molar-refractivity contribution in [3.05, 3.63) is 95.1 Å². The van der Waals surface area contributed by atoms with Crippen molar-refractivity contribution in [1.82, 2.24) is 0 Å². The van der Waals surface area contributed by atoms with Crippen molar-refractivity contribution >= 4 is 11.9 Å². The molecule has 0 amide bonds. The number of carbonyl (C=O) groups excluding carboxylic acids is 2. The van der Waals surface area contributed by atoms with Crippen LogP contribution in [0.5, 0.6) is 0 Å². The van der Waals surface area contributed by atoms with Crippen LogP contribution in [0.25, 0.3) is 0 Å². The van der Waals surface area contributed by atoms with Crippen LogP contribution in [0, 0.1) is 0 Å². The highest BCUT2D eigenvalue weighted by Gasteiger charge is 2.65. The minimum absolute atomic E-state index is 0.114. The zero-order valence-electron chi connectivity index (χ0n) is 23.6. The molecule has 0 fully saturated rings. The van der Waals surface area contributed by atoms with Crippen LogP contribution in [-0.4, -0.2) is 51.2 Å². The summed E-state index contributed by atoms with van der Waals surface area (Å²) in [5.41, 5.74) is -7.31. The van der Waals surface area contributed by atoms with Crippen LogP contribution in [0.2, 0.25) is 0 Å². The van der Waals surface area contributed by atoms with Crippen LogP contribution in [0.4, 0.5) is 26.3 Å². The molecule has 0 aromatic heterocycles. The molecule has 0 saturated heterocycles. The molecule has 2 rings (SSSR count). The molecule has 0 aliphatic heterocycles. The fourth-order valence-electron chi connectivity index (χ4n) is 4.11. The van der Waals surface area contributed by atoms with Gasteiger partial charge in [-0.15, -0.1) is 0 Å². The summed E-state index contributed by atoms with van der Waals surface area (Å²) in [6.07, 6.45) is -8.84. The van der Waals surface area contributed by atoms with Gasteiger partial charge in [-0.25, -0.2) is 9.59 Å². The molecule has 6 nitrogen and oxygen atoms in total. The van der Waals surface area contributed by atoms with E-state index in [1.165, 1.54) is 49.4 Å². The van der Waals surface area contributed by atoms with Crippen molar-refractivity contribution in [1.29, 1.82) is 0 Å². The molecule has 3 atom stereocenters. The summed E-state index contributed by atoms with van der Waals surface area (Å²) in [5.74, 6) is -3.81. The molecular weight excluding hydrogens is 570 g/mol. The summed E-state index contributed by atoms with van der Waals surface area (Å²) in [7, 11) is 1.34. The smallest absolute Gasteiger partial charge is 0.432 e. The first-order valence-electron chi connectivity index (χ1n) is 12.6. The van der Waals surface area contributed by atoms with Crippen molar-refractivity contribution in [3.63, 3.8) is 0 Å². The number of ether oxygens (including phenoxy) is 4. The lowest BCUT2D eigenvalue weighted by atomic mass is 9.92. The lowest BCUT2D eigenvalue weighted by Gasteiger charge is -2.35. The number of hydrogen-bond donors (Lipinski definition) is 0. The predicted octanol–water partition coefficient (Wildman–Crippen LogP) is 6.95. The van der Waals surface area contributed by atoms with E-state index in [1.807, 2.05) is 0 Å². The maximum atomic E-state index is 14.4. The minimum Gasteiger partial charge on any atom is -0.459 e. The van der Waals surface area contributed by atoms with Gasteiger partial charge >= 0.3 is 24.3 Å². The van der Waals surface area contributed by atoms with Crippen molar-refractivity contribution in [2.45, 2.75) is 56.9 Å². The molecule has 2 aromatic carbocycles. The van der Waals surface area contributed by atoms with Gasteiger partial charge in [0.2, 0.25) is 0 Å². The van der Waals surface area contributed by atoms with Gasteiger partial charge in [-0.2, -0.15) is 26.3 Å². The van der Waals surface area contributed by atoms with Crippen LogP contribution >= 0.6 is 0 Å². The molecule has 0 spiro atoms. The SMILES string of the molecule is CO[C@@](C(=O)OC[C@@H](OC(=O)[C@](OC)(c1ccccc1)C(F)(F)F)/C(C)=C/CC=C(C)C)(c1ccccc1)C(F)(F)F. The molecule has 0 saturated carbocycles. The molecule has 0 N–H and O–H groups in total. The second-order valence-electron chi connectivity index (χ2n) is 9.46. The molecule has 12 heteroatoms. The number of benzene rings is 2. The first kappa shape index (κ1) is 34.6. The monoisotopic (exact) mass is 602 g/mol. The Bertz CT molecular complexity index is 1250. The number of carbonyl (C=O) groups is 2. The van der Waals surface area contributed by atoms with Gasteiger partial charge in [-0.3, -0.25) is 0 Å². The van der Waals surface area contributed by atoms with Crippen molar-refractivity contribution in [3.8, 4) is 0 Å². The van der Waals surface area contributed by atoms with E-state index >= 15 is 0 Å². The van der Waals surface area contributed by atoms with Gasteiger partial charge in [0.15, 0.2) is 6.10 Å². The maximum Gasteiger partial charge on any atom is 0.432 e. The van der Waals surface area contributed by atoms with Gasteiger partial charge < -0.3 is 18.9 Å². The number of esters is 2. The average molecular weight is 603 g/mol. The van der Waals surface area contributed by atoms with Gasteiger partial charge in [0.05, 0.1) is 0 Å². The molecule has 42 heavy (non-hydrogen) atoms. The number of methoxy groups -OCH3 is 2. The van der Waals surface area contributed by atoms with E-state index in [2.05, 4.69) is 0 Å². The second kappa shape index (κ2) is 14.0. The van der Waals surface area contributed by atoms with E-state index in [-0.39, 0.29) is 12.0 Å². The van der Waals surface area contributed by atoms with Gasteiger partial charge in [-0.05, 0) is 32.8 Å². The Morgan fingerprint density at radius 1 is 0.714 bits per heavy atom. The van der Waals surface area contributed by atoms with Crippen molar-refractivity contribution < 1.29 is 54.9 Å². The van der Waals surface area contributed by atoms with Crippen molar-refractivity contribution in [2.75, 3.05) is 20.8 Å². The Morgan fingerprint density at radius 2 is 1.14 bits per heavy atom. The Hall–Kier alpha value is -3.64. The number of halogens is 6. The highest BCUT2D eigenvalue weighted by Crippen LogP contribution is 2.44. The van der Waals surface area contributed by atoms with E-state index in [0.29, 0.717) is 14.2 Å². The van der Waals surface area contributed by atoms with E-state index < -0.39 is 59.3 Å². The zero-order valence-corrected chi connectivity index (χ0v) is 23.6. The number of allylic oxidation sites excluding steroid dienone is 3. The van der Waals surface area contributed by atoms with Crippen molar-refractivity contribution in [2.24, 2.45) is 0 Å².